The highest BCUT2D eigenvalue weighted by atomic mass is 16.5. The van der Waals surface area contributed by atoms with Crippen LogP contribution in [-0.4, -0.2) is 64.0 Å². The molecule has 0 saturated carbocycles. The van der Waals surface area contributed by atoms with E-state index in [1.54, 1.807) is 0 Å². The van der Waals surface area contributed by atoms with Crippen molar-refractivity contribution in [1.29, 1.82) is 0 Å². The quantitative estimate of drug-likeness (QED) is 0.625. The molecule has 3 rings (SSSR count). The van der Waals surface area contributed by atoms with Crippen LogP contribution in [0.2, 0.25) is 0 Å². The maximum atomic E-state index is 13.0. The first kappa shape index (κ1) is 24.9. The lowest BCUT2D eigenvalue weighted by atomic mass is 10.0. The second-order valence-electron chi connectivity index (χ2n) is 9.79. The Morgan fingerprint density at radius 1 is 1.09 bits per heavy atom. The molecule has 0 aliphatic carbocycles. The normalized spacial score (nSPS) is 15.8. The summed E-state index contributed by atoms with van der Waals surface area (Å²) >= 11 is 0. The van der Waals surface area contributed by atoms with Gasteiger partial charge < -0.3 is 14.7 Å². The number of aromatic nitrogens is 2. The molecule has 1 atom stereocenters. The molecule has 0 bridgehead atoms. The lowest BCUT2D eigenvalue weighted by Crippen LogP contribution is -2.54. The van der Waals surface area contributed by atoms with Crippen LogP contribution in [0.25, 0.3) is 11.4 Å². The van der Waals surface area contributed by atoms with Gasteiger partial charge in [0.25, 0.3) is 0 Å². The lowest BCUT2D eigenvalue weighted by molar-refractivity contribution is -0.138. The number of carbonyl (C=O) groups is 2. The molecule has 2 heterocycles. The molecular weight excluding hydrogens is 418 g/mol. The van der Waals surface area contributed by atoms with Crippen LogP contribution in [0.1, 0.15) is 52.5 Å². The van der Waals surface area contributed by atoms with Gasteiger partial charge in [-0.25, -0.2) is 0 Å². The van der Waals surface area contributed by atoms with Gasteiger partial charge in [0.15, 0.2) is 0 Å². The Labute approximate surface area is 196 Å². The average Bonchev–Trinajstić information content (AvgIpc) is 3.21. The molecule has 33 heavy (non-hydrogen) atoms. The summed E-state index contributed by atoms with van der Waals surface area (Å²) in [4.78, 5) is 33.3. The largest absolute Gasteiger partial charge is 0.345 e. The van der Waals surface area contributed by atoms with E-state index in [1.807, 2.05) is 17.0 Å². The van der Waals surface area contributed by atoms with Crippen molar-refractivity contribution in [2.45, 2.75) is 60.0 Å². The van der Waals surface area contributed by atoms with Crippen molar-refractivity contribution < 1.29 is 14.1 Å². The van der Waals surface area contributed by atoms with Crippen LogP contribution in [0.5, 0.6) is 0 Å². The fourth-order valence-electron chi connectivity index (χ4n) is 4.16. The molecule has 1 N–H and O–H groups in total. The van der Waals surface area contributed by atoms with Gasteiger partial charge in [-0.2, -0.15) is 4.98 Å². The molecule has 1 fully saturated rings. The summed E-state index contributed by atoms with van der Waals surface area (Å²) in [6.45, 7) is 13.6. The molecule has 8 nitrogen and oxygen atoms in total. The number of benzene rings is 1. The second-order valence-corrected chi connectivity index (χ2v) is 9.79. The van der Waals surface area contributed by atoms with Crippen molar-refractivity contribution in [3.8, 4) is 11.4 Å². The first-order valence-electron chi connectivity index (χ1n) is 11.9. The van der Waals surface area contributed by atoms with E-state index in [0.29, 0.717) is 43.1 Å². The van der Waals surface area contributed by atoms with Crippen molar-refractivity contribution >= 4 is 11.8 Å². The Balaban J connectivity index is 1.56. The standard InChI is InChI=1S/C25H37N5O3/c1-17(2)13-22(26-19(5)31)25(32)30-11-9-29(10-12-30)16-20-7-6-8-21(15-20)24-27-23(33-28-24)14-18(3)4/h6-8,15,17-18,22H,9-14,16H2,1-5H3,(H,26,31)/t22-/m0/s1. The number of nitrogens with zero attached hydrogens (tertiary/aromatic N) is 4. The van der Waals surface area contributed by atoms with Crippen LogP contribution >= 0.6 is 0 Å². The van der Waals surface area contributed by atoms with E-state index in [0.717, 1.165) is 31.6 Å². The van der Waals surface area contributed by atoms with Crippen molar-refractivity contribution in [1.82, 2.24) is 25.3 Å². The first-order chi connectivity index (χ1) is 15.7. The fraction of sp³-hybridized carbons (Fsp3) is 0.600. The zero-order chi connectivity index (χ0) is 24.0. The molecule has 2 aromatic rings. The SMILES string of the molecule is CC(=O)N[C@@H](CC(C)C)C(=O)N1CCN(Cc2cccc(-c3noc(CC(C)C)n3)c2)CC1. The van der Waals surface area contributed by atoms with E-state index >= 15 is 0 Å². The second kappa shape index (κ2) is 11.4. The van der Waals surface area contributed by atoms with Gasteiger partial charge in [0, 0.05) is 51.6 Å². The highest BCUT2D eigenvalue weighted by molar-refractivity contribution is 5.87. The topological polar surface area (TPSA) is 91.6 Å². The molecule has 1 aliphatic heterocycles. The van der Waals surface area contributed by atoms with Gasteiger partial charge >= 0.3 is 0 Å². The Morgan fingerprint density at radius 3 is 2.45 bits per heavy atom. The van der Waals surface area contributed by atoms with Crippen LogP contribution < -0.4 is 5.32 Å². The minimum Gasteiger partial charge on any atom is -0.345 e. The van der Waals surface area contributed by atoms with Crippen molar-refractivity contribution in [2.75, 3.05) is 26.2 Å². The van der Waals surface area contributed by atoms with Crippen molar-refractivity contribution in [3.63, 3.8) is 0 Å². The van der Waals surface area contributed by atoms with Crippen LogP contribution in [0.4, 0.5) is 0 Å². The molecule has 1 saturated heterocycles. The monoisotopic (exact) mass is 455 g/mol. The highest BCUT2D eigenvalue weighted by Crippen LogP contribution is 2.20. The minimum atomic E-state index is -0.443. The van der Waals surface area contributed by atoms with Gasteiger partial charge in [0.05, 0.1) is 0 Å². The summed E-state index contributed by atoms with van der Waals surface area (Å²) in [5, 5.41) is 6.97. The maximum Gasteiger partial charge on any atom is 0.245 e. The number of carbonyl (C=O) groups excluding carboxylic acids is 2. The van der Waals surface area contributed by atoms with E-state index in [2.05, 4.69) is 60.2 Å². The minimum absolute atomic E-state index is 0.0230. The zero-order valence-corrected chi connectivity index (χ0v) is 20.5. The third-order valence-electron chi connectivity index (χ3n) is 5.71. The van der Waals surface area contributed by atoms with Gasteiger partial charge in [0.2, 0.25) is 23.5 Å². The third kappa shape index (κ3) is 7.39. The maximum absolute atomic E-state index is 13.0. The summed E-state index contributed by atoms with van der Waals surface area (Å²) in [6, 6.07) is 7.79. The molecule has 180 valence electrons. The first-order valence-corrected chi connectivity index (χ1v) is 11.9. The molecule has 2 amide bonds. The van der Waals surface area contributed by atoms with Gasteiger partial charge in [-0.1, -0.05) is 51.1 Å². The van der Waals surface area contributed by atoms with E-state index in [1.165, 1.54) is 12.5 Å². The Hall–Kier alpha value is -2.74. The molecule has 1 aromatic heterocycles. The number of piperazine rings is 1. The summed E-state index contributed by atoms with van der Waals surface area (Å²) in [7, 11) is 0. The molecule has 0 radical (unpaired) electrons. The summed E-state index contributed by atoms with van der Waals surface area (Å²) < 4.78 is 5.39. The van der Waals surface area contributed by atoms with E-state index < -0.39 is 6.04 Å². The van der Waals surface area contributed by atoms with Gasteiger partial charge in [0.1, 0.15) is 6.04 Å². The lowest BCUT2D eigenvalue weighted by Gasteiger charge is -2.36. The number of rotatable bonds is 9. The highest BCUT2D eigenvalue weighted by Gasteiger charge is 2.28. The molecule has 0 spiro atoms. The number of hydrogen-bond acceptors (Lipinski definition) is 6. The molecule has 0 unspecified atom stereocenters. The van der Waals surface area contributed by atoms with E-state index in [9.17, 15) is 9.59 Å². The van der Waals surface area contributed by atoms with Crippen LogP contribution in [0, 0.1) is 11.8 Å². The summed E-state index contributed by atoms with van der Waals surface area (Å²) in [5.74, 6) is 1.95. The molecular formula is C25H37N5O3. The smallest absolute Gasteiger partial charge is 0.245 e. The zero-order valence-electron chi connectivity index (χ0n) is 20.5. The number of amides is 2. The summed E-state index contributed by atoms with van der Waals surface area (Å²) in [6.07, 6.45) is 1.43. The number of hydrogen-bond donors (Lipinski definition) is 1. The summed E-state index contributed by atoms with van der Waals surface area (Å²) in [5.41, 5.74) is 2.13. The van der Waals surface area contributed by atoms with Crippen molar-refractivity contribution in [2.24, 2.45) is 11.8 Å². The van der Waals surface area contributed by atoms with Gasteiger partial charge in [-0.15, -0.1) is 0 Å². The van der Waals surface area contributed by atoms with Crippen LogP contribution in [0.3, 0.4) is 0 Å². The predicted octanol–water partition coefficient (Wildman–Crippen LogP) is 3.13. The molecule has 8 heteroatoms. The average molecular weight is 456 g/mol. The fourth-order valence-corrected chi connectivity index (χ4v) is 4.16. The number of nitrogens with one attached hydrogen (secondary N) is 1. The Morgan fingerprint density at radius 2 is 1.82 bits per heavy atom. The third-order valence-corrected chi connectivity index (χ3v) is 5.71. The van der Waals surface area contributed by atoms with E-state index in [-0.39, 0.29) is 11.8 Å². The Kier molecular flexibility index (Phi) is 8.61. The van der Waals surface area contributed by atoms with Gasteiger partial charge in [-0.05, 0) is 29.9 Å². The molecule has 1 aliphatic rings. The van der Waals surface area contributed by atoms with Crippen LogP contribution in [-0.2, 0) is 22.6 Å². The van der Waals surface area contributed by atoms with Crippen molar-refractivity contribution in [3.05, 3.63) is 35.7 Å². The van der Waals surface area contributed by atoms with E-state index in [4.69, 9.17) is 4.52 Å². The molecule has 1 aromatic carbocycles. The Bertz CT molecular complexity index is 932. The van der Waals surface area contributed by atoms with Crippen LogP contribution in [0.15, 0.2) is 28.8 Å². The predicted molar refractivity (Wildman–Crippen MR) is 127 cm³/mol. The van der Waals surface area contributed by atoms with Gasteiger partial charge in [-0.3, -0.25) is 14.5 Å².